The lowest BCUT2D eigenvalue weighted by atomic mass is 10.1. The summed E-state index contributed by atoms with van der Waals surface area (Å²) in [5, 5.41) is 0. The topological polar surface area (TPSA) is 0 Å². The van der Waals surface area contributed by atoms with Crippen LogP contribution in [0, 0.1) is 5.92 Å². The maximum Gasteiger partial charge on any atom is -0.0323 e. The predicted octanol–water partition coefficient (Wildman–Crippen LogP) is 8.24. The Kier molecular flexibility index (Phi) is 18.1. The Balaban J connectivity index is 3.70. The van der Waals surface area contributed by atoms with Gasteiger partial charge in [0, 0.05) is 0 Å². The molecule has 0 rings (SSSR count). The van der Waals surface area contributed by atoms with Crippen LogP contribution in [0.4, 0.5) is 0 Å². The van der Waals surface area contributed by atoms with Gasteiger partial charge in [-0.15, -0.1) is 7.92 Å². The quantitative estimate of drug-likeness (QED) is 0.186. The predicted molar refractivity (Wildman–Crippen MR) is 108 cm³/mol. The van der Waals surface area contributed by atoms with E-state index in [0.29, 0.717) is 7.92 Å². The summed E-state index contributed by atoms with van der Waals surface area (Å²) in [6, 6.07) is 0. The summed E-state index contributed by atoms with van der Waals surface area (Å²) in [6.07, 6.45) is 23.7. The molecule has 0 spiro atoms. The van der Waals surface area contributed by atoms with E-state index in [4.69, 9.17) is 0 Å². The van der Waals surface area contributed by atoms with Gasteiger partial charge in [-0.3, -0.25) is 0 Å². The third-order valence-corrected chi connectivity index (χ3v) is 7.47. The second kappa shape index (κ2) is 17.8. The summed E-state index contributed by atoms with van der Waals surface area (Å²) in [7, 11) is 0.358. The first-order valence-electron chi connectivity index (χ1n) is 10.4. The van der Waals surface area contributed by atoms with Gasteiger partial charge >= 0.3 is 0 Å². The molecule has 0 unspecified atom stereocenters. The smallest absolute Gasteiger partial charge is 0.0323 e. The van der Waals surface area contributed by atoms with Crippen LogP contribution in [-0.4, -0.2) is 18.5 Å². The van der Waals surface area contributed by atoms with Crippen molar-refractivity contribution in [3.8, 4) is 0 Å². The Bertz CT molecular complexity index is 184. The number of unbranched alkanes of at least 4 members (excludes halogenated alkanes) is 10. The van der Waals surface area contributed by atoms with Crippen molar-refractivity contribution >= 4 is 7.92 Å². The van der Waals surface area contributed by atoms with Gasteiger partial charge in [0.15, 0.2) is 0 Å². The van der Waals surface area contributed by atoms with Crippen LogP contribution in [0.25, 0.3) is 0 Å². The third kappa shape index (κ3) is 16.8. The molecule has 0 N–H and O–H groups in total. The summed E-state index contributed by atoms with van der Waals surface area (Å²) >= 11 is 0. The molecule has 0 aromatic heterocycles. The molecular weight excluding hydrogens is 283 g/mol. The molecule has 0 saturated carbocycles. The van der Waals surface area contributed by atoms with Gasteiger partial charge in [0.05, 0.1) is 0 Å². The summed E-state index contributed by atoms with van der Waals surface area (Å²) in [5.41, 5.74) is 0. The van der Waals surface area contributed by atoms with Crippen LogP contribution in [0.5, 0.6) is 0 Å². The molecule has 0 fully saturated rings. The van der Waals surface area contributed by atoms with Crippen LogP contribution in [0.3, 0.4) is 0 Å². The standard InChI is InChI=1S/C21H45P/c1-5-7-9-11-13-15-18-22(20-17-21(3)4)19-16-14-12-10-8-6-2/h21H,5-20H2,1-4H3. The minimum absolute atomic E-state index is 0.358. The SMILES string of the molecule is CCCCCCCCP(CCCCCCCC)CCC(C)C. The van der Waals surface area contributed by atoms with E-state index in [1.54, 1.807) is 18.5 Å². The minimum Gasteiger partial charge on any atom is -0.107 e. The second-order valence-corrected chi connectivity index (χ2v) is 10.2. The second-order valence-electron chi connectivity index (χ2n) is 7.56. The largest absolute Gasteiger partial charge is 0.107 e. The Morgan fingerprint density at radius 1 is 0.545 bits per heavy atom. The Labute approximate surface area is 144 Å². The van der Waals surface area contributed by atoms with E-state index in [9.17, 15) is 0 Å². The third-order valence-electron chi connectivity index (χ3n) is 4.68. The molecule has 0 bridgehead atoms. The molecule has 0 amide bonds. The van der Waals surface area contributed by atoms with Crippen molar-refractivity contribution in [1.29, 1.82) is 0 Å². The van der Waals surface area contributed by atoms with Gasteiger partial charge in [0.25, 0.3) is 0 Å². The van der Waals surface area contributed by atoms with Gasteiger partial charge in [-0.05, 0) is 43.7 Å². The van der Waals surface area contributed by atoms with Crippen molar-refractivity contribution in [2.45, 2.75) is 111 Å². The van der Waals surface area contributed by atoms with Gasteiger partial charge in [0.1, 0.15) is 0 Å². The monoisotopic (exact) mass is 328 g/mol. The van der Waals surface area contributed by atoms with Crippen LogP contribution in [0.15, 0.2) is 0 Å². The van der Waals surface area contributed by atoms with E-state index in [1.807, 2.05) is 0 Å². The van der Waals surface area contributed by atoms with Crippen molar-refractivity contribution in [3.63, 3.8) is 0 Å². The normalized spacial score (nSPS) is 11.7. The highest BCUT2D eigenvalue weighted by molar-refractivity contribution is 7.57. The van der Waals surface area contributed by atoms with E-state index < -0.39 is 0 Å². The lowest BCUT2D eigenvalue weighted by molar-refractivity contribution is 0.615. The van der Waals surface area contributed by atoms with Crippen molar-refractivity contribution in [2.75, 3.05) is 18.5 Å². The molecule has 134 valence electrons. The lowest BCUT2D eigenvalue weighted by Crippen LogP contribution is -1.99. The summed E-state index contributed by atoms with van der Waals surface area (Å²) in [6.45, 7) is 9.41. The lowest BCUT2D eigenvalue weighted by Gasteiger charge is -2.19. The van der Waals surface area contributed by atoms with Crippen LogP contribution < -0.4 is 0 Å². The van der Waals surface area contributed by atoms with Gasteiger partial charge in [-0.1, -0.05) is 91.9 Å². The van der Waals surface area contributed by atoms with Gasteiger partial charge < -0.3 is 0 Å². The highest BCUT2D eigenvalue weighted by Gasteiger charge is 2.08. The Morgan fingerprint density at radius 3 is 1.36 bits per heavy atom. The first-order chi connectivity index (χ1) is 10.7. The number of hydrogen-bond acceptors (Lipinski definition) is 0. The molecule has 0 saturated heterocycles. The van der Waals surface area contributed by atoms with Crippen molar-refractivity contribution in [1.82, 2.24) is 0 Å². The van der Waals surface area contributed by atoms with Crippen LogP contribution >= 0.6 is 7.92 Å². The zero-order valence-corrected chi connectivity index (χ0v) is 17.2. The average molecular weight is 329 g/mol. The number of hydrogen-bond donors (Lipinski definition) is 0. The van der Waals surface area contributed by atoms with Crippen molar-refractivity contribution < 1.29 is 0 Å². The summed E-state index contributed by atoms with van der Waals surface area (Å²) in [4.78, 5) is 0. The first kappa shape index (κ1) is 22.4. The molecule has 0 radical (unpaired) electrons. The van der Waals surface area contributed by atoms with Gasteiger partial charge in [-0.2, -0.15) is 0 Å². The zero-order chi connectivity index (χ0) is 16.5. The zero-order valence-electron chi connectivity index (χ0n) is 16.3. The molecule has 0 aliphatic heterocycles. The minimum atomic E-state index is 0.358. The molecule has 1 heteroatoms. The van der Waals surface area contributed by atoms with E-state index in [0.717, 1.165) is 5.92 Å². The maximum atomic E-state index is 2.39. The van der Waals surface area contributed by atoms with Crippen LogP contribution in [0.2, 0.25) is 0 Å². The molecule has 0 aromatic carbocycles. The fourth-order valence-electron chi connectivity index (χ4n) is 3.01. The van der Waals surface area contributed by atoms with Gasteiger partial charge in [0.2, 0.25) is 0 Å². The van der Waals surface area contributed by atoms with E-state index in [-0.39, 0.29) is 0 Å². The maximum absolute atomic E-state index is 2.39. The number of rotatable bonds is 17. The highest BCUT2D eigenvalue weighted by Crippen LogP contribution is 2.39. The molecule has 0 aromatic rings. The molecule has 22 heavy (non-hydrogen) atoms. The van der Waals surface area contributed by atoms with Crippen molar-refractivity contribution in [2.24, 2.45) is 5.92 Å². The summed E-state index contributed by atoms with van der Waals surface area (Å²) in [5.74, 6) is 0.902. The summed E-state index contributed by atoms with van der Waals surface area (Å²) < 4.78 is 0. The Morgan fingerprint density at radius 2 is 0.955 bits per heavy atom. The molecule has 0 atom stereocenters. The first-order valence-corrected chi connectivity index (χ1v) is 12.3. The van der Waals surface area contributed by atoms with E-state index in [1.165, 1.54) is 83.5 Å². The van der Waals surface area contributed by atoms with Crippen molar-refractivity contribution in [3.05, 3.63) is 0 Å². The Hall–Kier alpha value is 0.430. The van der Waals surface area contributed by atoms with Crippen LogP contribution in [0.1, 0.15) is 111 Å². The average Bonchev–Trinajstić information content (AvgIpc) is 2.50. The fourth-order valence-corrected chi connectivity index (χ4v) is 5.90. The van der Waals surface area contributed by atoms with Crippen LogP contribution in [-0.2, 0) is 0 Å². The van der Waals surface area contributed by atoms with E-state index >= 15 is 0 Å². The molecule has 0 nitrogen and oxygen atoms in total. The van der Waals surface area contributed by atoms with E-state index in [2.05, 4.69) is 27.7 Å². The highest BCUT2D eigenvalue weighted by atomic mass is 31.1. The van der Waals surface area contributed by atoms with Gasteiger partial charge in [-0.25, -0.2) is 0 Å². The molecule has 0 aliphatic carbocycles. The molecule has 0 heterocycles. The molecule has 0 aliphatic rings. The fraction of sp³-hybridized carbons (Fsp3) is 1.00. The molecular formula is C21H45P.